The largest absolute Gasteiger partial charge is 0.372 e. The van der Waals surface area contributed by atoms with Crippen LogP contribution in [0, 0.1) is 0 Å². The fourth-order valence-electron chi connectivity index (χ4n) is 1.92. The van der Waals surface area contributed by atoms with Crippen LogP contribution >= 0.6 is 0 Å². The minimum absolute atomic E-state index is 0.00212. The monoisotopic (exact) mass is 223 g/mol. The minimum Gasteiger partial charge on any atom is -0.372 e. The van der Waals surface area contributed by atoms with Crippen molar-refractivity contribution in [2.24, 2.45) is 0 Å². The van der Waals surface area contributed by atoms with Crippen LogP contribution in [0.1, 0.15) is 18.4 Å². The van der Waals surface area contributed by atoms with Gasteiger partial charge in [-0.15, -0.1) is 0 Å². The van der Waals surface area contributed by atoms with Crippen LogP contribution in [0.2, 0.25) is 0 Å². The summed E-state index contributed by atoms with van der Waals surface area (Å²) in [6.07, 6.45) is 0.388. The molecule has 0 saturated carbocycles. The van der Waals surface area contributed by atoms with Crippen molar-refractivity contribution in [2.75, 3.05) is 13.1 Å². The fourth-order valence-corrected chi connectivity index (χ4v) is 1.92. The summed E-state index contributed by atoms with van der Waals surface area (Å²) in [6.45, 7) is 2.08. The van der Waals surface area contributed by atoms with Gasteiger partial charge in [0, 0.05) is 13.0 Å². The first-order chi connectivity index (χ1) is 7.84. The zero-order chi connectivity index (χ0) is 11.2. The van der Waals surface area contributed by atoms with E-state index in [4.69, 9.17) is 4.74 Å². The van der Waals surface area contributed by atoms with Crippen LogP contribution in [0.25, 0.3) is 0 Å². The highest BCUT2D eigenvalue weighted by molar-refractivity contribution is 5.13. The molecule has 88 valence electrons. The molecule has 16 heavy (non-hydrogen) atoms. The van der Waals surface area contributed by atoms with Gasteiger partial charge in [-0.3, -0.25) is 0 Å². The summed E-state index contributed by atoms with van der Waals surface area (Å²) in [4.78, 5) is 0. The van der Waals surface area contributed by atoms with Crippen molar-refractivity contribution in [3.05, 3.63) is 35.9 Å². The van der Waals surface area contributed by atoms with E-state index >= 15 is 0 Å². The number of halogens is 1. The number of nitrogens with one attached hydrogen (secondary N) is 1. The Morgan fingerprint density at radius 2 is 2.12 bits per heavy atom. The lowest BCUT2D eigenvalue weighted by molar-refractivity contribution is 0.0264. The van der Waals surface area contributed by atoms with E-state index in [1.807, 2.05) is 30.3 Å². The molecule has 3 heteroatoms. The lowest BCUT2D eigenvalue weighted by atomic mass is 10.1. The summed E-state index contributed by atoms with van der Waals surface area (Å²) in [6, 6.07) is 10.0. The van der Waals surface area contributed by atoms with Crippen LogP contribution in [0.5, 0.6) is 0 Å². The molecule has 0 amide bonds. The van der Waals surface area contributed by atoms with E-state index in [0.717, 1.165) is 18.7 Å². The average molecular weight is 223 g/mol. The van der Waals surface area contributed by atoms with Gasteiger partial charge in [0.1, 0.15) is 6.17 Å². The van der Waals surface area contributed by atoms with Crippen molar-refractivity contribution in [1.82, 2.24) is 5.32 Å². The van der Waals surface area contributed by atoms with Gasteiger partial charge < -0.3 is 10.1 Å². The SMILES string of the molecule is FC1CCNCC(OCc2ccccc2)C1. The van der Waals surface area contributed by atoms with Gasteiger partial charge in [0.05, 0.1) is 12.7 Å². The van der Waals surface area contributed by atoms with Crippen LogP contribution in [-0.2, 0) is 11.3 Å². The van der Waals surface area contributed by atoms with Crippen LogP contribution in [-0.4, -0.2) is 25.4 Å². The predicted molar refractivity (Wildman–Crippen MR) is 62.0 cm³/mol. The Kier molecular flexibility index (Phi) is 4.31. The Morgan fingerprint density at radius 1 is 1.31 bits per heavy atom. The highest BCUT2D eigenvalue weighted by atomic mass is 19.1. The number of rotatable bonds is 3. The highest BCUT2D eigenvalue weighted by Gasteiger charge is 2.19. The normalized spacial score (nSPS) is 26.3. The summed E-state index contributed by atoms with van der Waals surface area (Å²) in [7, 11) is 0. The average Bonchev–Trinajstić information content (AvgIpc) is 2.52. The van der Waals surface area contributed by atoms with Gasteiger partial charge >= 0.3 is 0 Å². The fraction of sp³-hybridized carbons (Fsp3) is 0.538. The molecule has 1 fully saturated rings. The molecule has 2 nitrogen and oxygen atoms in total. The zero-order valence-electron chi connectivity index (χ0n) is 9.36. The van der Waals surface area contributed by atoms with Crippen molar-refractivity contribution < 1.29 is 9.13 Å². The van der Waals surface area contributed by atoms with Crippen molar-refractivity contribution >= 4 is 0 Å². The van der Waals surface area contributed by atoms with Gasteiger partial charge in [-0.05, 0) is 18.5 Å². The highest BCUT2D eigenvalue weighted by Crippen LogP contribution is 2.14. The number of benzene rings is 1. The summed E-state index contributed by atoms with van der Waals surface area (Å²) in [5, 5.41) is 3.20. The van der Waals surface area contributed by atoms with Crippen molar-refractivity contribution in [3.8, 4) is 0 Å². The van der Waals surface area contributed by atoms with Crippen molar-refractivity contribution in [3.63, 3.8) is 0 Å². The third-order valence-electron chi connectivity index (χ3n) is 2.85. The Morgan fingerprint density at radius 3 is 2.94 bits per heavy atom. The van der Waals surface area contributed by atoms with Crippen LogP contribution in [0.4, 0.5) is 4.39 Å². The second kappa shape index (κ2) is 5.97. The molecule has 0 spiro atoms. The molecular formula is C13H18FNO. The number of alkyl halides is 1. The third-order valence-corrected chi connectivity index (χ3v) is 2.85. The molecule has 2 rings (SSSR count). The molecule has 1 aliphatic rings. The summed E-state index contributed by atoms with van der Waals surface area (Å²) >= 11 is 0. The van der Waals surface area contributed by atoms with E-state index in [1.165, 1.54) is 0 Å². The summed E-state index contributed by atoms with van der Waals surface area (Å²) in [5.74, 6) is 0. The van der Waals surface area contributed by atoms with E-state index in [1.54, 1.807) is 0 Å². The molecule has 1 saturated heterocycles. The summed E-state index contributed by atoms with van der Waals surface area (Å²) < 4.78 is 19.0. The maximum atomic E-state index is 13.3. The predicted octanol–water partition coefficient (Wildman–Crippen LogP) is 2.29. The van der Waals surface area contributed by atoms with Crippen LogP contribution < -0.4 is 5.32 Å². The lowest BCUT2D eigenvalue weighted by Gasteiger charge is -2.16. The molecule has 1 heterocycles. The van der Waals surface area contributed by atoms with Crippen molar-refractivity contribution in [1.29, 1.82) is 0 Å². The first kappa shape index (κ1) is 11.6. The van der Waals surface area contributed by atoms with E-state index in [0.29, 0.717) is 19.4 Å². The standard InChI is InChI=1S/C13H18FNO/c14-12-6-7-15-9-13(8-12)16-10-11-4-2-1-3-5-11/h1-5,12-13,15H,6-10H2. The number of hydrogen-bond acceptors (Lipinski definition) is 2. The molecule has 1 aliphatic heterocycles. The number of ether oxygens (including phenoxy) is 1. The van der Waals surface area contributed by atoms with E-state index in [2.05, 4.69) is 5.32 Å². The topological polar surface area (TPSA) is 21.3 Å². The number of hydrogen-bond donors (Lipinski definition) is 1. The Balaban J connectivity index is 1.80. The molecule has 1 aromatic rings. The maximum Gasteiger partial charge on any atom is 0.104 e. The zero-order valence-corrected chi connectivity index (χ0v) is 9.36. The third kappa shape index (κ3) is 3.58. The minimum atomic E-state index is -0.726. The van der Waals surface area contributed by atoms with Crippen LogP contribution in [0.15, 0.2) is 30.3 Å². The smallest absolute Gasteiger partial charge is 0.104 e. The van der Waals surface area contributed by atoms with E-state index in [-0.39, 0.29) is 6.10 Å². The van der Waals surface area contributed by atoms with Crippen molar-refractivity contribution in [2.45, 2.75) is 31.7 Å². The van der Waals surface area contributed by atoms with Gasteiger partial charge in [0.15, 0.2) is 0 Å². The van der Waals surface area contributed by atoms with Crippen LogP contribution in [0.3, 0.4) is 0 Å². The summed E-state index contributed by atoms with van der Waals surface area (Å²) in [5.41, 5.74) is 1.14. The second-order valence-corrected chi connectivity index (χ2v) is 4.24. The maximum absolute atomic E-state index is 13.3. The molecule has 0 aromatic heterocycles. The first-order valence-corrected chi connectivity index (χ1v) is 5.85. The van der Waals surface area contributed by atoms with Gasteiger partial charge in [-0.2, -0.15) is 0 Å². The molecule has 0 aliphatic carbocycles. The quantitative estimate of drug-likeness (QED) is 0.849. The molecular weight excluding hydrogens is 205 g/mol. The van der Waals surface area contributed by atoms with Gasteiger partial charge in [-0.25, -0.2) is 4.39 Å². The van der Waals surface area contributed by atoms with Gasteiger partial charge in [0.25, 0.3) is 0 Å². The Hall–Kier alpha value is -0.930. The molecule has 2 atom stereocenters. The van der Waals surface area contributed by atoms with E-state index in [9.17, 15) is 4.39 Å². The Labute approximate surface area is 95.8 Å². The van der Waals surface area contributed by atoms with Gasteiger partial charge in [0.2, 0.25) is 0 Å². The lowest BCUT2D eigenvalue weighted by Crippen LogP contribution is -2.27. The second-order valence-electron chi connectivity index (χ2n) is 4.24. The molecule has 1 aromatic carbocycles. The molecule has 1 N–H and O–H groups in total. The molecule has 0 bridgehead atoms. The Bertz CT molecular complexity index is 304. The molecule has 0 radical (unpaired) electrons. The van der Waals surface area contributed by atoms with Gasteiger partial charge in [-0.1, -0.05) is 30.3 Å². The first-order valence-electron chi connectivity index (χ1n) is 5.85. The van der Waals surface area contributed by atoms with E-state index < -0.39 is 6.17 Å². The molecule has 2 unspecified atom stereocenters.